The zero-order chi connectivity index (χ0) is 16.2. The summed E-state index contributed by atoms with van der Waals surface area (Å²) >= 11 is 0. The van der Waals surface area contributed by atoms with Crippen LogP contribution in [-0.2, 0) is 13.0 Å². The van der Waals surface area contributed by atoms with E-state index in [2.05, 4.69) is 25.9 Å². The van der Waals surface area contributed by atoms with Gasteiger partial charge < -0.3 is 16.0 Å². The molecule has 1 aliphatic rings. The van der Waals surface area contributed by atoms with Gasteiger partial charge in [0.05, 0.1) is 11.9 Å². The number of pyridine rings is 2. The van der Waals surface area contributed by atoms with Crippen molar-refractivity contribution in [2.24, 2.45) is 0 Å². The molecular formula is C16H17N5O2. The van der Waals surface area contributed by atoms with E-state index in [9.17, 15) is 9.59 Å². The molecule has 2 aromatic heterocycles. The number of fused-ring (bicyclic) bond motifs is 1. The highest BCUT2D eigenvalue weighted by Gasteiger charge is 2.20. The molecular weight excluding hydrogens is 294 g/mol. The first-order chi connectivity index (χ1) is 11.1. The average molecular weight is 311 g/mol. The molecule has 2 aromatic rings. The standard InChI is InChI=1S/C16H17N5O2/c1-10(6-12-4-2-3-5-17-12)20-16(23)21-13-7-11-8-19-15(22)14(11)18-9-13/h2-5,7,9-10H,6,8H2,1H3,(H,19,22)(H2,20,21,23). The van der Waals surface area contributed by atoms with Gasteiger partial charge in [-0.3, -0.25) is 9.78 Å². The molecule has 1 atom stereocenters. The Morgan fingerprint density at radius 2 is 2.26 bits per heavy atom. The first-order valence-corrected chi connectivity index (χ1v) is 7.36. The summed E-state index contributed by atoms with van der Waals surface area (Å²) in [7, 11) is 0. The van der Waals surface area contributed by atoms with Gasteiger partial charge in [-0.1, -0.05) is 6.07 Å². The van der Waals surface area contributed by atoms with E-state index in [0.717, 1.165) is 11.3 Å². The second-order valence-corrected chi connectivity index (χ2v) is 5.44. The van der Waals surface area contributed by atoms with Crippen LogP contribution in [0.3, 0.4) is 0 Å². The number of nitrogens with one attached hydrogen (secondary N) is 3. The smallest absolute Gasteiger partial charge is 0.319 e. The lowest BCUT2D eigenvalue weighted by Gasteiger charge is -2.14. The maximum absolute atomic E-state index is 12.0. The summed E-state index contributed by atoms with van der Waals surface area (Å²) < 4.78 is 0. The lowest BCUT2D eigenvalue weighted by atomic mass is 10.1. The fourth-order valence-corrected chi connectivity index (χ4v) is 2.45. The predicted molar refractivity (Wildman–Crippen MR) is 85.0 cm³/mol. The molecule has 0 bridgehead atoms. The number of hydrogen-bond donors (Lipinski definition) is 3. The summed E-state index contributed by atoms with van der Waals surface area (Å²) in [6, 6.07) is 7.08. The average Bonchev–Trinajstić information content (AvgIpc) is 2.89. The van der Waals surface area contributed by atoms with Crippen LogP contribution in [0, 0.1) is 0 Å². The van der Waals surface area contributed by atoms with Crippen molar-refractivity contribution in [1.82, 2.24) is 20.6 Å². The topological polar surface area (TPSA) is 96.0 Å². The van der Waals surface area contributed by atoms with Crippen molar-refractivity contribution < 1.29 is 9.59 Å². The Kier molecular flexibility index (Phi) is 4.18. The molecule has 118 valence electrons. The molecule has 7 heteroatoms. The number of aromatic nitrogens is 2. The Bertz CT molecular complexity index is 733. The molecule has 0 spiro atoms. The van der Waals surface area contributed by atoms with Crippen LogP contribution in [0.5, 0.6) is 0 Å². The number of anilines is 1. The van der Waals surface area contributed by atoms with Gasteiger partial charge in [0, 0.05) is 36.5 Å². The van der Waals surface area contributed by atoms with Crippen LogP contribution < -0.4 is 16.0 Å². The van der Waals surface area contributed by atoms with Gasteiger partial charge in [0.15, 0.2) is 0 Å². The lowest BCUT2D eigenvalue weighted by molar-refractivity contribution is 0.0961. The molecule has 0 fully saturated rings. The first-order valence-electron chi connectivity index (χ1n) is 7.36. The maximum atomic E-state index is 12.0. The van der Waals surface area contributed by atoms with E-state index in [4.69, 9.17) is 0 Å². The Morgan fingerprint density at radius 1 is 1.39 bits per heavy atom. The van der Waals surface area contributed by atoms with Gasteiger partial charge in [-0.25, -0.2) is 9.78 Å². The van der Waals surface area contributed by atoms with E-state index in [-0.39, 0.29) is 18.0 Å². The molecule has 0 aromatic carbocycles. The Morgan fingerprint density at radius 3 is 3.04 bits per heavy atom. The van der Waals surface area contributed by atoms with Crippen LogP contribution in [0.1, 0.15) is 28.7 Å². The normalized spacial score (nSPS) is 13.9. The Hall–Kier alpha value is -2.96. The molecule has 0 saturated carbocycles. The van der Waals surface area contributed by atoms with Gasteiger partial charge in [0.1, 0.15) is 5.69 Å². The molecule has 7 nitrogen and oxygen atoms in total. The van der Waals surface area contributed by atoms with Gasteiger partial charge in [-0.15, -0.1) is 0 Å². The van der Waals surface area contributed by atoms with Crippen molar-refractivity contribution >= 4 is 17.6 Å². The third-order valence-corrected chi connectivity index (χ3v) is 3.50. The molecule has 1 unspecified atom stereocenters. The van der Waals surface area contributed by atoms with Gasteiger partial charge in [-0.05, 0) is 25.1 Å². The minimum Gasteiger partial charge on any atom is -0.347 e. The van der Waals surface area contributed by atoms with Crippen LogP contribution in [0.15, 0.2) is 36.7 Å². The lowest BCUT2D eigenvalue weighted by Crippen LogP contribution is -2.37. The summed E-state index contributed by atoms with van der Waals surface area (Å²) in [5.41, 5.74) is 2.68. The number of nitrogens with zero attached hydrogens (tertiary/aromatic N) is 2. The molecule has 0 radical (unpaired) electrons. The number of urea groups is 1. The van der Waals surface area contributed by atoms with Gasteiger partial charge in [-0.2, -0.15) is 0 Å². The van der Waals surface area contributed by atoms with E-state index in [1.807, 2.05) is 25.1 Å². The summed E-state index contributed by atoms with van der Waals surface area (Å²) in [4.78, 5) is 31.8. The summed E-state index contributed by atoms with van der Waals surface area (Å²) in [6.07, 6.45) is 3.86. The molecule has 3 rings (SSSR count). The van der Waals surface area contributed by atoms with Crippen LogP contribution in [-0.4, -0.2) is 27.9 Å². The first kappa shape index (κ1) is 15.0. The monoisotopic (exact) mass is 311 g/mol. The van der Waals surface area contributed by atoms with Crippen LogP contribution in [0.2, 0.25) is 0 Å². The summed E-state index contributed by atoms with van der Waals surface area (Å²) in [6.45, 7) is 2.35. The van der Waals surface area contributed by atoms with E-state index in [0.29, 0.717) is 24.3 Å². The highest BCUT2D eigenvalue weighted by atomic mass is 16.2. The van der Waals surface area contributed by atoms with E-state index in [1.54, 1.807) is 12.3 Å². The minimum absolute atomic E-state index is 0.0597. The van der Waals surface area contributed by atoms with Crippen molar-refractivity contribution in [2.45, 2.75) is 25.9 Å². The fraction of sp³-hybridized carbons (Fsp3) is 0.250. The van der Waals surface area contributed by atoms with Crippen LogP contribution >= 0.6 is 0 Å². The Balaban J connectivity index is 1.56. The van der Waals surface area contributed by atoms with Crippen molar-refractivity contribution in [3.05, 3.63) is 53.6 Å². The highest BCUT2D eigenvalue weighted by molar-refractivity contribution is 5.97. The predicted octanol–water partition coefficient (Wildman–Crippen LogP) is 1.47. The second kappa shape index (κ2) is 6.43. The molecule has 3 N–H and O–H groups in total. The molecule has 3 heterocycles. The number of carbonyl (C=O) groups excluding carboxylic acids is 2. The molecule has 1 aliphatic heterocycles. The number of hydrogen-bond acceptors (Lipinski definition) is 4. The number of amides is 3. The van der Waals surface area contributed by atoms with Crippen LogP contribution in [0.25, 0.3) is 0 Å². The molecule has 23 heavy (non-hydrogen) atoms. The molecule has 3 amide bonds. The van der Waals surface area contributed by atoms with Gasteiger partial charge in [0.2, 0.25) is 0 Å². The SMILES string of the molecule is CC(Cc1ccccn1)NC(=O)Nc1cnc2c(c1)CNC2=O. The third kappa shape index (κ3) is 3.63. The van der Waals surface area contributed by atoms with Crippen molar-refractivity contribution in [1.29, 1.82) is 0 Å². The van der Waals surface area contributed by atoms with Gasteiger partial charge in [0.25, 0.3) is 5.91 Å². The van der Waals surface area contributed by atoms with Gasteiger partial charge >= 0.3 is 6.03 Å². The number of carbonyl (C=O) groups is 2. The van der Waals surface area contributed by atoms with E-state index >= 15 is 0 Å². The maximum Gasteiger partial charge on any atom is 0.319 e. The second-order valence-electron chi connectivity index (χ2n) is 5.44. The third-order valence-electron chi connectivity index (χ3n) is 3.50. The Labute approximate surface area is 133 Å². The van der Waals surface area contributed by atoms with Crippen LogP contribution in [0.4, 0.5) is 10.5 Å². The fourth-order valence-electron chi connectivity index (χ4n) is 2.45. The minimum atomic E-state index is -0.313. The summed E-state index contributed by atoms with van der Waals surface area (Å²) in [5.74, 6) is -0.181. The van der Waals surface area contributed by atoms with Crippen molar-refractivity contribution in [3.63, 3.8) is 0 Å². The van der Waals surface area contributed by atoms with Crippen molar-refractivity contribution in [2.75, 3.05) is 5.32 Å². The molecule has 0 aliphatic carbocycles. The quantitative estimate of drug-likeness (QED) is 0.796. The van der Waals surface area contributed by atoms with E-state index < -0.39 is 0 Å². The highest BCUT2D eigenvalue weighted by Crippen LogP contribution is 2.17. The zero-order valence-corrected chi connectivity index (χ0v) is 12.7. The number of rotatable bonds is 4. The molecule has 0 saturated heterocycles. The largest absolute Gasteiger partial charge is 0.347 e. The zero-order valence-electron chi connectivity index (χ0n) is 12.7. The summed E-state index contributed by atoms with van der Waals surface area (Å²) in [5, 5.41) is 8.27. The van der Waals surface area contributed by atoms with Crippen molar-refractivity contribution in [3.8, 4) is 0 Å². The van der Waals surface area contributed by atoms with E-state index in [1.165, 1.54) is 6.20 Å².